The zero-order chi connectivity index (χ0) is 22.8. The zero-order valence-electron chi connectivity index (χ0n) is 17.8. The highest BCUT2D eigenvalue weighted by Gasteiger charge is 2.35. The number of carbonyl (C=O) groups is 1. The topological polar surface area (TPSA) is 95.1 Å². The Labute approximate surface area is 184 Å². The van der Waals surface area contributed by atoms with E-state index in [4.69, 9.17) is 0 Å². The highest BCUT2D eigenvalue weighted by Crippen LogP contribution is 2.23. The van der Waals surface area contributed by atoms with E-state index in [2.05, 4.69) is 0 Å². The second kappa shape index (κ2) is 8.97. The molecule has 31 heavy (non-hydrogen) atoms. The van der Waals surface area contributed by atoms with Crippen LogP contribution in [0.3, 0.4) is 0 Å². The molecule has 1 atom stereocenters. The molecule has 1 amide bonds. The second-order valence-electron chi connectivity index (χ2n) is 7.61. The van der Waals surface area contributed by atoms with Gasteiger partial charge in [0, 0.05) is 26.2 Å². The van der Waals surface area contributed by atoms with Crippen molar-refractivity contribution in [1.29, 1.82) is 0 Å². The number of nitrogens with zero attached hydrogens (tertiary/aromatic N) is 3. The number of hydrogen-bond donors (Lipinski definition) is 0. The Morgan fingerprint density at radius 1 is 0.903 bits per heavy atom. The van der Waals surface area contributed by atoms with Gasteiger partial charge in [-0.05, 0) is 38.1 Å². The lowest BCUT2D eigenvalue weighted by atomic mass is 10.2. The molecule has 8 nitrogen and oxygen atoms in total. The third-order valence-electron chi connectivity index (χ3n) is 5.29. The number of piperazine rings is 1. The number of hydrogen-bond acceptors (Lipinski definition) is 5. The molecule has 0 saturated carbocycles. The second-order valence-corrected chi connectivity index (χ2v) is 11.4. The SMILES string of the molecule is Cc1ccc(S(=O)(=O)N2CCN(C(=O)[C@H](C)N(c3ccccc3)S(C)(=O)=O)CC2)cc1. The van der Waals surface area contributed by atoms with E-state index in [0.717, 1.165) is 16.1 Å². The van der Waals surface area contributed by atoms with Gasteiger partial charge in [-0.3, -0.25) is 9.10 Å². The molecule has 0 radical (unpaired) electrons. The molecule has 1 saturated heterocycles. The van der Waals surface area contributed by atoms with Gasteiger partial charge in [-0.25, -0.2) is 16.8 Å². The summed E-state index contributed by atoms with van der Waals surface area (Å²) >= 11 is 0. The fourth-order valence-electron chi connectivity index (χ4n) is 3.65. The number of carbonyl (C=O) groups excluding carboxylic acids is 1. The van der Waals surface area contributed by atoms with Crippen LogP contribution in [0.25, 0.3) is 0 Å². The number of sulfonamides is 2. The predicted octanol–water partition coefficient (Wildman–Crippen LogP) is 1.68. The van der Waals surface area contributed by atoms with Gasteiger partial charge in [0.1, 0.15) is 6.04 Å². The minimum absolute atomic E-state index is 0.152. The van der Waals surface area contributed by atoms with Gasteiger partial charge >= 0.3 is 0 Å². The minimum Gasteiger partial charge on any atom is -0.338 e. The molecule has 1 heterocycles. The average Bonchev–Trinajstić information content (AvgIpc) is 2.73. The van der Waals surface area contributed by atoms with Crippen LogP contribution >= 0.6 is 0 Å². The molecule has 1 fully saturated rings. The number of anilines is 1. The Hall–Kier alpha value is -2.43. The standard InChI is InChI=1S/C21H27N3O5S2/c1-17-9-11-20(12-10-17)31(28,29)23-15-13-22(14-16-23)21(25)18(2)24(30(3,26)27)19-7-5-4-6-8-19/h4-12,18H,13-16H2,1-3H3/t18-/m0/s1. The Bertz CT molecular complexity index is 1130. The van der Waals surface area contributed by atoms with Crippen LogP contribution in [0.5, 0.6) is 0 Å². The summed E-state index contributed by atoms with van der Waals surface area (Å²) in [6, 6.07) is 14.2. The fourth-order valence-corrected chi connectivity index (χ4v) is 6.24. The Morgan fingerprint density at radius 3 is 1.97 bits per heavy atom. The van der Waals surface area contributed by atoms with Crippen LogP contribution < -0.4 is 4.31 Å². The average molecular weight is 466 g/mol. The summed E-state index contributed by atoms with van der Waals surface area (Å²) in [7, 11) is -7.34. The van der Waals surface area contributed by atoms with Crippen molar-refractivity contribution in [3.8, 4) is 0 Å². The number of rotatable bonds is 6. The van der Waals surface area contributed by atoms with Gasteiger partial charge < -0.3 is 4.90 Å². The van der Waals surface area contributed by atoms with Gasteiger partial charge in [0.2, 0.25) is 26.0 Å². The normalized spacial score (nSPS) is 16.7. The van der Waals surface area contributed by atoms with E-state index in [0.29, 0.717) is 5.69 Å². The summed E-state index contributed by atoms with van der Waals surface area (Å²) in [6.45, 7) is 4.13. The molecule has 1 aliphatic heterocycles. The van der Waals surface area contributed by atoms with E-state index in [1.54, 1.807) is 61.5 Å². The molecule has 0 unspecified atom stereocenters. The summed E-state index contributed by atoms with van der Waals surface area (Å²) < 4.78 is 53.0. The summed E-state index contributed by atoms with van der Waals surface area (Å²) in [4.78, 5) is 14.8. The molecule has 1 aliphatic rings. The molecule has 2 aromatic carbocycles. The van der Waals surface area contributed by atoms with Crippen molar-refractivity contribution in [3.63, 3.8) is 0 Å². The first kappa shape index (κ1) is 23.2. The maximum Gasteiger partial charge on any atom is 0.246 e. The molecule has 2 aromatic rings. The summed E-state index contributed by atoms with van der Waals surface area (Å²) in [5.74, 6) is -0.360. The number of amides is 1. The van der Waals surface area contributed by atoms with Gasteiger partial charge in [0.15, 0.2) is 0 Å². The Kier molecular flexibility index (Phi) is 6.73. The van der Waals surface area contributed by atoms with Crippen LogP contribution in [0.4, 0.5) is 5.69 Å². The van der Waals surface area contributed by atoms with E-state index < -0.39 is 26.1 Å². The first-order valence-electron chi connectivity index (χ1n) is 9.92. The number of para-hydroxylation sites is 1. The zero-order valence-corrected chi connectivity index (χ0v) is 19.4. The molecule has 0 aliphatic carbocycles. The quantitative estimate of drug-likeness (QED) is 0.647. The third kappa shape index (κ3) is 5.08. The van der Waals surface area contributed by atoms with Crippen LogP contribution in [-0.4, -0.2) is 70.4 Å². The van der Waals surface area contributed by atoms with Gasteiger partial charge in [0.05, 0.1) is 16.8 Å². The minimum atomic E-state index is -3.69. The van der Waals surface area contributed by atoms with Gasteiger partial charge in [-0.15, -0.1) is 0 Å². The lowest BCUT2D eigenvalue weighted by Crippen LogP contribution is -2.56. The van der Waals surface area contributed by atoms with Crippen molar-refractivity contribution in [2.45, 2.75) is 24.8 Å². The molecule has 10 heteroatoms. The summed E-state index contributed by atoms with van der Waals surface area (Å²) in [5.41, 5.74) is 1.38. The Balaban J connectivity index is 1.72. The van der Waals surface area contributed by atoms with Crippen LogP contribution in [0.1, 0.15) is 12.5 Å². The lowest BCUT2D eigenvalue weighted by molar-refractivity contribution is -0.133. The first-order valence-corrected chi connectivity index (χ1v) is 13.2. The van der Waals surface area contributed by atoms with Crippen molar-refractivity contribution < 1.29 is 21.6 Å². The maximum atomic E-state index is 13.1. The molecule has 0 bridgehead atoms. The molecule has 0 spiro atoms. The fraction of sp³-hybridized carbons (Fsp3) is 0.381. The number of aryl methyl sites for hydroxylation is 1. The van der Waals surface area contributed by atoms with E-state index in [1.165, 1.54) is 9.21 Å². The third-order valence-corrected chi connectivity index (χ3v) is 8.44. The summed E-state index contributed by atoms with van der Waals surface area (Å²) in [6.07, 6.45) is 1.07. The summed E-state index contributed by atoms with van der Waals surface area (Å²) in [5, 5.41) is 0. The predicted molar refractivity (Wildman–Crippen MR) is 120 cm³/mol. The van der Waals surface area contributed by atoms with Gasteiger partial charge in [0.25, 0.3) is 0 Å². The van der Waals surface area contributed by atoms with Crippen molar-refractivity contribution in [2.75, 3.05) is 36.7 Å². The highest BCUT2D eigenvalue weighted by molar-refractivity contribution is 7.92. The van der Waals surface area contributed by atoms with Crippen LogP contribution in [-0.2, 0) is 24.8 Å². The van der Waals surface area contributed by atoms with E-state index >= 15 is 0 Å². The Morgan fingerprint density at radius 2 is 1.45 bits per heavy atom. The van der Waals surface area contributed by atoms with E-state index in [1.807, 2.05) is 6.92 Å². The molecule has 0 aromatic heterocycles. The van der Waals surface area contributed by atoms with Crippen molar-refractivity contribution in [3.05, 3.63) is 60.2 Å². The maximum absolute atomic E-state index is 13.1. The van der Waals surface area contributed by atoms with E-state index in [-0.39, 0.29) is 37.0 Å². The van der Waals surface area contributed by atoms with Crippen LogP contribution in [0.15, 0.2) is 59.5 Å². The number of benzene rings is 2. The van der Waals surface area contributed by atoms with Crippen LogP contribution in [0, 0.1) is 6.92 Å². The monoisotopic (exact) mass is 465 g/mol. The molecule has 168 valence electrons. The van der Waals surface area contributed by atoms with Crippen molar-refractivity contribution >= 4 is 31.6 Å². The van der Waals surface area contributed by atoms with Crippen LogP contribution in [0.2, 0.25) is 0 Å². The van der Waals surface area contributed by atoms with E-state index in [9.17, 15) is 21.6 Å². The molecule has 0 N–H and O–H groups in total. The highest BCUT2D eigenvalue weighted by atomic mass is 32.2. The van der Waals surface area contributed by atoms with Crippen molar-refractivity contribution in [1.82, 2.24) is 9.21 Å². The van der Waals surface area contributed by atoms with Gasteiger partial charge in [-0.2, -0.15) is 4.31 Å². The molecule has 3 rings (SSSR count). The molecular formula is C21H27N3O5S2. The largest absolute Gasteiger partial charge is 0.338 e. The lowest BCUT2D eigenvalue weighted by Gasteiger charge is -2.37. The van der Waals surface area contributed by atoms with Gasteiger partial charge in [-0.1, -0.05) is 35.9 Å². The molecular weight excluding hydrogens is 438 g/mol. The smallest absolute Gasteiger partial charge is 0.246 e. The van der Waals surface area contributed by atoms with Crippen molar-refractivity contribution in [2.24, 2.45) is 0 Å². The first-order chi connectivity index (χ1) is 14.5.